The van der Waals surface area contributed by atoms with Crippen molar-refractivity contribution < 1.29 is 0 Å². The maximum absolute atomic E-state index is 3.75. The van der Waals surface area contributed by atoms with Crippen molar-refractivity contribution in [2.45, 2.75) is 58.9 Å². The molecule has 106 valence electrons. The van der Waals surface area contributed by atoms with Crippen LogP contribution in [0.25, 0.3) is 0 Å². The van der Waals surface area contributed by atoms with E-state index in [4.69, 9.17) is 0 Å². The summed E-state index contributed by atoms with van der Waals surface area (Å²) in [5.74, 6) is 1.61. The Morgan fingerprint density at radius 3 is 2.32 bits per heavy atom. The number of nitrogens with one attached hydrogen (secondary N) is 1. The zero-order chi connectivity index (χ0) is 13.7. The van der Waals surface area contributed by atoms with E-state index < -0.39 is 0 Å². The molecule has 19 heavy (non-hydrogen) atoms. The van der Waals surface area contributed by atoms with Gasteiger partial charge in [-0.25, -0.2) is 0 Å². The van der Waals surface area contributed by atoms with Crippen LogP contribution < -0.4 is 5.32 Å². The molecule has 0 aromatic heterocycles. The van der Waals surface area contributed by atoms with Gasteiger partial charge in [-0.15, -0.1) is 0 Å². The van der Waals surface area contributed by atoms with E-state index in [9.17, 15) is 0 Å². The molecule has 1 unspecified atom stereocenters. The summed E-state index contributed by atoms with van der Waals surface area (Å²) in [5, 5.41) is 3.75. The second-order valence-electron chi connectivity index (χ2n) is 6.46. The van der Waals surface area contributed by atoms with Crippen LogP contribution in [0.15, 0.2) is 24.3 Å². The monoisotopic (exact) mass is 259 g/mol. The second kappa shape index (κ2) is 7.09. The Morgan fingerprint density at radius 1 is 1.16 bits per heavy atom. The first-order valence-electron chi connectivity index (χ1n) is 8.03. The maximum Gasteiger partial charge on any atom is 0.0348 e. The van der Waals surface area contributed by atoms with Crippen molar-refractivity contribution in [2.24, 2.45) is 11.8 Å². The van der Waals surface area contributed by atoms with Gasteiger partial charge in [0.05, 0.1) is 0 Å². The van der Waals surface area contributed by atoms with Gasteiger partial charge in [0.2, 0.25) is 0 Å². The average Bonchev–Trinajstić information content (AvgIpc) is 2.32. The maximum atomic E-state index is 3.75. The highest BCUT2D eigenvalue weighted by Crippen LogP contribution is 2.37. The van der Waals surface area contributed by atoms with Crippen LogP contribution in [0, 0.1) is 11.8 Å². The lowest BCUT2D eigenvalue weighted by Gasteiger charge is -2.35. The minimum absolute atomic E-state index is 0.585. The molecule has 0 aliphatic heterocycles. The minimum Gasteiger partial charge on any atom is -0.310 e. The molecule has 0 spiro atoms. The van der Waals surface area contributed by atoms with Gasteiger partial charge in [0.25, 0.3) is 0 Å². The van der Waals surface area contributed by atoms with Crippen LogP contribution in [0.2, 0.25) is 0 Å². The molecule has 1 aromatic rings. The van der Waals surface area contributed by atoms with E-state index in [1.165, 1.54) is 43.2 Å². The highest BCUT2D eigenvalue weighted by atomic mass is 14.9. The second-order valence-corrected chi connectivity index (χ2v) is 6.46. The van der Waals surface area contributed by atoms with Crippen LogP contribution in [0.5, 0.6) is 0 Å². The van der Waals surface area contributed by atoms with Crippen LogP contribution in [-0.2, 0) is 6.42 Å². The highest BCUT2D eigenvalue weighted by molar-refractivity contribution is 5.26. The minimum atomic E-state index is 0.585. The summed E-state index contributed by atoms with van der Waals surface area (Å²) in [7, 11) is 0. The van der Waals surface area contributed by atoms with Crippen LogP contribution in [-0.4, -0.2) is 6.54 Å². The van der Waals surface area contributed by atoms with E-state index in [1.54, 1.807) is 0 Å². The molecule has 2 rings (SSSR count). The van der Waals surface area contributed by atoms with Gasteiger partial charge in [-0.05, 0) is 55.2 Å². The molecular weight excluding hydrogens is 230 g/mol. The zero-order valence-corrected chi connectivity index (χ0v) is 12.8. The Balaban J connectivity index is 2.03. The van der Waals surface area contributed by atoms with Crippen molar-refractivity contribution in [1.29, 1.82) is 0 Å². The Kier molecular flexibility index (Phi) is 5.45. The molecule has 0 saturated heterocycles. The lowest BCUT2D eigenvalue weighted by atomic mass is 9.77. The molecule has 1 aliphatic rings. The van der Waals surface area contributed by atoms with E-state index in [-0.39, 0.29) is 0 Å². The van der Waals surface area contributed by atoms with Crippen molar-refractivity contribution in [3.05, 3.63) is 35.4 Å². The van der Waals surface area contributed by atoms with Crippen molar-refractivity contribution in [1.82, 2.24) is 5.32 Å². The number of rotatable bonds is 7. The third-order valence-electron chi connectivity index (χ3n) is 4.22. The highest BCUT2D eigenvalue weighted by Gasteiger charge is 2.27. The normalized spacial score (nSPS) is 17.5. The molecular formula is C18H29N. The quantitative estimate of drug-likeness (QED) is 0.746. The molecule has 1 heteroatoms. The molecule has 1 saturated carbocycles. The molecule has 1 N–H and O–H groups in total. The fourth-order valence-corrected chi connectivity index (χ4v) is 2.96. The summed E-state index contributed by atoms with van der Waals surface area (Å²) in [6.07, 6.45) is 6.62. The molecule has 1 aromatic carbocycles. The summed E-state index contributed by atoms with van der Waals surface area (Å²) in [6.45, 7) is 7.95. The van der Waals surface area contributed by atoms with E-state index in [0.29, 0.717) is 6.04 Å². The summed E-state index contributed by atoms with van der Waals surface area (Å²) >= 11 is 0. The molecule has 1 aliphatic carbocycles. The lowest BCUT2D eigenvalue weighted by molar-refractivity contribution is 0.231. The van der Waals surface area contributed by atoms with E-state index >= 15 is 0 Å². The molecule has 1 nitrogen and oxygen atoms in total. The Hall–Kier alpha value is -0.820. The average molecular weight is 259 g/mol. The van der Waals surface area contributed by atoms with Gasteiger partial charge >= 0.3 is 0 Å². The van der Waals surface area contributed by atoms with E-state index in [0.717, 1.165) is 18.4 Å². The summed E-state index contributed by atoms with van der Waals surface area (Å²) in [6, 6.07) is 9.94. The summed E-state index contributed by atoms with van der Waals surface area (Å²) in [4.78, 5) is 0. The topological polar surface area (TPSA) is 12.0 Å². The predicted molar refractivity (Wildman–Crippen MR) is 83.4 cm³/mol. The standard InChI is InChI=1S/C18H29N/c1-4-12-19-18(16-6-5-7-16)17-10-8-15(9-11-17)13-14(2)3/h8-11,14,16,18-19H,4-7,12-13H2,1-3H3. The van der Waals surface area contributed by atoms with Crippen molar-refractivity contribution in [2.75, 3.05) is 6.54 Å². The van der Waals surface area contributed by atoms with E-state index in [2.05, 4.69) is 50.4 Å². The zero-order valence-electron chi connectivity index (χ0n) is 12.8. The van der Waals surface area contributed by atoms with Gasteiger partial charge in [0.15, 0.2) is 0 Å². The SMILES string of the molecule is CCCNC(c1ccc(CC(C)C)cc1)C1CCC1. The lowest BCUT2D eigenvalue weighted by Crippen LogP contribution is -2.32. The van der Waals surface area contributed by atoms with Gasteiger partial charge in [-0.2, -0.15) is 0 Å². The molecule has 1 atom stereocenters. The third kappa shape index (κ3) is 4.07. The van der Waals surface area contributed by atoms with Crippen molar-refractivity contribution >= 4 is 0 Å². The smallest absolute Gasteiger partial charge is 0.0348 e. The van der Waals surface area contributed by atoms with Gasteiger partial charge in [0.1, 0.15) is 0 Å². The molecule has 0 amide bonds. The van der Waals surface area contributed by atoms with Crippen molar-refractivity contribution in [3.63, 3.8) is 0 Å². The van der Waals surface area contributed by atoms with Gasteiger partial charge in [-0.3, -0.25) is 0 Å². The van der Waals surface area contributed by atoms with E-state index in [1.807, 2.05) is 0 Å². The molecule has 0 bridgehead atoms. The van der Waals surface area contributed by atoms with Crippen molar-refractivity contribution in [3.8, 4) is 0 Å². The number of hydrogen-bond acceptors (Lipinski definition) is 1. The van der Waals surface area contributed by atoms with Gasteiger partial charge in [-0.1, -0.05) is 51.5 Å². The molecule has 0 heterocycles. The Labute approximate surface area is 118 Å². The fourth-order valence-electron chi connectivity index (χ4n) is 2.96. The van der Waals surface area contributed by atoms with Crippen LogP contribution >= 0.6 is 0 Å². The molecule has 1 fully saturated rings. The first kappa shape index (κ1) is 14.6. The number of benzene rings is 1. The number of hydrogen-bond donors (Lipinski definition) is 1. The first-order valence-corrected chi connectivity index (χ1v) is 8.03. The van der Waals surface area contributed by atoms with Gasteiger partial charge in [0, 0.05) is 6.04 Å². The largest absolute Gasteiger partial charge is 0.310 e. The Bertz CT molecular complexity index is 362. The van der Waals surface area contributed by atoms with Crippen LogP contribution in [0.4, 0.5) is 0 Å². The first-order chi connectivity index (χ1) is 9.20. The predicted octanol–water partition coefficient (Wildman–Crippen LogP) is 4.73. The van der Waals surface area contributed by atoms with Crippen LogP contribution in [0.3, 0.4) is 0 Å². The fraction of sp³-hybridized carbons (Fsp3) is 0.667. The summed E-state index contributed by atoms with van der Waals surface area (Å²) < 4.78 is 0. The van der Waals surface area contributed by atoms with Gasteiger partial charge < -0.3 is 5.32 Å². The summed E-state index contributed by atoms with van der Waals surface area (Å²) in [5.41, 5.74) is 2.97. The molecule has 0 radical (unpaired) electrons. The Morgan fingerprint density at radius 2 is 1.84 bits per heavy atom. The third-order valence-corrected chi connectivity index (χ3v) is 4.22. The van der Waals surface area contributed by atoms with Crippen LogP contribution in [0.1, 0.15) is 63.6 Å².